The molecular formula is C19H17F2N3O3S. The van der Waals surface area contributed by atoms with Gasteiger partial charge in [-0.2, -0.15) is 0 Å². The minimum atomic E-state index is -4.15. The number of sulfonamides is 1. The van der Waals surface area contributed by atoms with Crippen LogP contribution in [0.15, 0.2) is 47.5 Å². The maximum Gasteiger partial charge on any atom is 0.285 e. The number of aromatic nitrogens is 2. The van der Waals surface area contributed by atoms with E-state index in [4.69, 9.17) is 0 Å². The summed E-state index contributed by atoms with van der Waals surface area (Å²) in [5.74, 6) is -2.82. The van der Waals surface area contributed by atoms with Gasteiger partial charge in [0.1, 0.15) is 23.2 Å². The fraction of sp³-hybridized carbons (Fsp3) is 0.158. The first kappa shape index (κ1) is 19.7. The number of aryl methyl sites for hydroxylation is 3. The lowest BCUT2D eigenvalue weighted by molar-refractivity contribution is 0.0977. The Hall–Kier alpha value is -3.07. The lowest BCUT2D eigenvalue weighted by Crippen LogP contribution is -2.31. The van der Waals surface area contributed by atoms with Crippen molar-refractivity contribution in [1.82, 2.24) is 14.3 Å². The lowest BCUT2D eigenvalue weighted by atomic mass is 10.2. The van der Waals surface area contributed by atoms with E-state index in [1.807, 2.05) is 4.72 Å². The first-order valence-electron chi connectivity index (χ1n) is 8.23. The van der Waals surface area contributed by atoms with E-state index in [1.165, 1.54) is 23.9 Å². The Morgan fingerprint density at radius 1 is 1.04 bits per heavy atom. The fourth-order valence-corrected chi connectivity index (χ4v) is 4.40. The van der Waals surface area contributed by atoms with Crippen molar-refractivity contribution in [2.75, 3.05) is 0 Å². The van der Waals surface area contributed by atoms with E-state index in [-0.39, 0.29) is 16.4 Å². The van der Waals surface area contributed by atoms with Crippen LogP contribution in [-0.2, 0) is 17.1 Å². The van der Waals surface area contributed by atoms with Crippen molar-refractivity contribution in [3.05, 3.63) is 71.1 Å². The molecule has 0 saturated heterocycles. The Morgan fingerprint density at radius 3 is 2.14 bits per heavy atom. The van der Waals surface area contributed by atoms with E-state index in [0.717, 1.165) is 12.1 Å². The molecule has 9 heteroatoms. The summed E-state index contributed by atoms with van der Waals surface area (Å²) in [6.45, 7) is 3.23. The van der Waals surface area contributed by atoms with Gasteiger partial charge < -0.3 is 4.57 Å². The van der Waals surface area contributed by atoms with Crippen LogP contribution in [0.25, 0.3) is 11.4 Å². The first-order chi connectivity index (χ1) is 13.1. The van der Waals surface area contributed by atoms with Crippen LogP contribution in [0.3, 0.4) is 0 Å². The second kappa shape index (κ2) is 7.16. The van der Waals surface area contributed by atoms with Crippen molar-refractivity contribution in [1.29, 1.82) is 0 Å². The second-order valence-corrected chi connectivity index (χ2v) is 7.93. The van der Waals surface area contributed by atoms with E-state index >= 15 is 0 Å². The molecule has 1 amide bonds. The zero-order valence-corrected chi connectivity index (χ0v) is 16.1. The molecule has 1 aromatic heterocycles. The maximum absolute atomic E-state index is 14.0. The molecule has 3 rings (SSSR count). The third-order valence-corrected chi connectivity index (χ3v) is 5.84. The van der Waals surface area contributed by atoms with Crippen LogP contribution < -0.4 is 4.72 Å². The van der Waals surface area contributed by atoms with Gasteiger partial charge in [-0.15, -0.1) is 0 Å². The molecule has 146 valence electrons. The number of benzene rings is 2. The Bertz CT molecular complexity index is 1150. The average molecular weight is 405 g/mol. The number of rotatable bonds is 4. The highest BCUT2D eigenvalue weighted by Crippen LogP contribution is 2.25. The standard InChI is InChI=1S/C19H17F2N3O3S/c1-11-6-4-7-12(2)17(11)28(26,27)23-19(25)15-10-24(3)18(22-15)16-13(20)8-5-9-14(16)21/h4-10H,1-3H3,(H,23,25). The molecular weight excluding hydrogens is 388 g/mol. The van der Waals surface area contributed by atoms with Gasteiger partial charge in [0.2, 0.25) is 0 Å². The van der Waals surface area contributed by atoms with E-state index < -0.39 is 33.1 Å². The van der Waals surface area contributed by atoms with Gasteiger partial charge in [-0.05, 0) is 37.1 Å². The van der Waals surface area contributed by atoms with Crippen molar-refractivity contribution in [3.63, 3.8) is 0 Å². The first-order valence-corrected chi connectivity index (χ1v) is 9.71. The maximum atomic E-state index is 14.0. The molecule has 0 unspecified atom stereocenters. The molecule has 0 bridgehead atoms. The largest absolute Gasteiger partial charge is 0.333 e. The summed E-state index contributed by atoms with van der Waals surface area (Å²) in [6.07, 6.45) is 1.21. The van der Waals surface area contributed by atoms with Crippen molar-refractivity contribution in [2.45, 2.75) is 18.7 Å². The minimum Gasteiger partial charge on any atom is -0.333 e. The van der Waals surface area contributed by atoms with Gasteiger partial charge in [0.25, 0.3) is 15.9 Å². The summed E-state index contributed by atoms with van der Waals surface area (Å²) in [6, 6.07) is 8.29. The predicted octanol–water partition coefficient (Wildman–Crippen LogP) is 3.10. The minimum absolute atomic E-state index is 0.000321. The quantitative estimate of drug-likeness (QED) is 0.723. The number of carbonyl (C=O) groups excluding carboxylic acids is 1. The number of nitrogens with one attached hydrogen (secondary N) is 1. The SMILES string of the molecule is Cc1cccc(C)c1S(=O)(=O)NC(=O)c1cn(C)c(-c2c(F)cccc2F)n1. The predicted molar refractivity (Wildman–Crippen MR) is 99.1 cm³/mol. The number of amides is 1. The third-order valence-electron chi connectivity index (χ3n) is 4.20. The van der Waals surface area contributed by atoms with Crippen LogP contribution in [0.4, 0.5) is 8.78 Å². The molecule has 0 spiro atoms. The van der Waals surface area contributed by atoms with Crippen molar-refractivity contribution >= 4 is 15.9 Å². The van der Waals surface area contributed by atoms with Crippen molar-refractivity contribution < 1.29 is 22.0 Å². The number of nitrogens with zero attached hydrogens (tertiary/aromatic N) is 2. The number of carbonyl (C=O) groups is 1. The molecule has 0 aliphatic rings. The summed E-state index contributed by atoms with van der Waals surface area (Å²) >= 11 is 0. The van der Waals surface area contributed by atoms with Gasteiger partial charge in [0, 0.05) is 13.2 Å². The molecule has 0 radical (unpaired) electrons. The third kappa shape index (κ3) is 3.53. The number of hydrogen-bond donors (Lipinski definition) is 1. The molecule has 0 aliphatic heterocycles. The van der Waals surface area contributed by atoms with Gasteiger partial charge >= 0.3 is 0 Å². The Labute approximate surface area is 160 Å². The molecule has 1 N–H and O–H groups in total. The molecule has 0 saturated carbocycles. The summed E-state index contributed by atoms with van der Waals surface area (Å²) in [5.41, 5.74) is 0.280. The van der Waals surface area contributed by atoms with Gasteiger partial charge in [-0.25, -0.2) is 26.9 Å². The lowest BCUT2D eigenvalue weighted by Gasteiger charge is -2.11. The summed E-state index contributed by atoms with van der Waals surface area (Å²) in [7, 11) is -2.70. The van der Waals surface area contributed by atoms with E-state index in [1.54, 1.807) is 32.0 Å². The Morgan fingerprint density at radius 2 is 1.57 bits per heavy atom. The molecule has 1 heterocycles. The van der Waals surface area contributed by atoms with Gasteiger partial charge in [-0.1, -0.05) is 24.3 Å². The van der Waals surface area contributed by atoms with Crippen LogP contribution in [0, 0.1) is 25.5 Å². The summed E-state index contributed by atoms with van der Waals surface area (Å²) in [4.78, 5) is 16.4. The number of imidazole rings is 1. The monoisotopic (exact) mass is 405 g/mol. The zero-order valence-electron chi connectivity index (χ0n) is 15.3. The zero-order chi connectivity index (χ0) is 20.6. The van der Waals surface area contributed by atoms with Crippen LogP contribution >= 0.6 is 0 Å². The van der Waals surface area contributed by atoms with E-state index in [0.29, 0.717) is 11.1 Å². The van der Waals surface area contributed by atoms with Gasteiger partial charge in [-0.3, -0.25) is 4.79 Å². The molecule has 6 nitrogen and oxygen atoms in total. The summed E-state index contributed by atoms with van der Waals surface area (Å²) in [5, 5.41) is 0. The molecule has 2 aromatic carbocycles. The fourth-order valence-electron chi connectivity index (χ4n) is 2.97. The molecule has 0 fully saturated rings. The van der Waals surface area contributed by atoms with Crippen LogP contribution in [-0.4, -0.2) is 23.9 Å². The Balaban J connectivity index is 1.97. The van der Waals surface area contributed by atoms with Crippen molar-refractivity contribution in [2.24, 2.45) is 7.05 Å². The van der Waals surface area contributed by atoms with E-state index in [9.17, 15) is 22.0 Å². The van der Waals surface area contributed by atoms with Gasteiger partial charge in [0.15, 0.2) is 0 Å². The molecule has 0 atom stereocenters. The highest BCUT2D eigenvalue weighted by atomic mass is 32.2. The molecule has 28 heavy (non-hydrogen) atoms. The smallest absolute Gasteiger partial charge is 0.285 e. The molecule has 0 aliphatic carbocycles. The molecule has 3 aromatic rings. The van der Waals surface area contributed by atoms with Gasteiger partial charge in [0.05, 0.1) is 10.5 Å². The Kier molecular flexibility index (Phi) is 5.03. The van der Waals surface area contributed by atoms with Crippen LogP contribution in [0.1, 0.15) is 21.6 Å². The average Bonchev–Trinajstić information content (AvgIpc) is 2.96. The highest BCUT2D eigenvalue weighted by Gasteiger charge is 2.25. The number of hydrogen-bond acceptors (Lipinski definition) is 4. The summed E-state index contributed by atoms with van der Waals surface area (Å²) < 4.78 is 56.5. The van der Waals surface area contributed by atoms with Crippen LogP contribution in [0.2, 0.25) is 0 Å². The van der Waals surface area contributed by atoms with Crippen molar-refractivity contribution in [3.8, 4) is 11.4 Å². The topological polar surface area (TPSA) is 81.1 Å². The normalized spacial score (nSPS) is 11.5. The van der Waals surface area contributed by atoms with E-state index in [2.05, 4.69) is 4.98 Å². The number of halogens is 2. The van der Waals surface area contributed by atoms with Crippen LogP contribution in [0.5, 0.6) is 0 Å². The highest BCUT2D eigenvalue weighted by molar-refractivity contribution is 7.90. The second-order valence-electron chi connectivity index (χ2n) is 6.31.